The lowest BCUT2D eigenvalue weighted by Gasteiger charge is -2.11. The Bertz CT molecular complexity index is 483. The second-order valence-corrected chi connectivity index (χ2v) is 5.83. The van der Waals surface area contributed by atoms with Crippen LogP contribution in [0.1, 0.15) is 32.3 Å². The molecule has 18 heavy (non-hydrogen) atoms. The largest absolute Gasteiger partial charge is 0.495 e. The van der Waals surface area contributed by atoms with Crippen LogP contribution in [0.25, 0.3) is 0 Å². The number of hydrogen-bond donors (Lipinski definition) is 1. The van der Waals surface area contributed by atoms with Gasteiger partial charge in [-0.15, -0.1) is 0 Å². The van der Waals surface area contributed by atoms with Crippen molar-refractivity contribution >= 4 is 10.0 Å². The van der Waals surface area contributed by atoms with Crippen LogP contribution in [-0.4, -0.2) is 22.1 Å². The maximum Gasteiger partial charge on any atom is 0.244 e. The van der Waals surface area contributed by atoms with Crippen molar-refractivity contribution < 1.29 is 13.2 Å². The number of sulfonamides is 1. The van der Waals surface area contributed by atoms with Gasteiger partial charge in [0.15, 0.2) is 0 Å². The molecular weight excluding hydrogens is 250 g/mol. The quantitative estimate of drug-likeness (QED) is 0.774. The molecule has 0 saturated heterocycles. The minimum atomic E-state index is -3.48. The molecule has 4 nitrogen and oxygen atoms in total. The fourth-order valence-corrected chi connectivity index (χ4v) is 2.90. The van der Waals surface area contributed by atoms with Crippen molar-refractivity contribution in [3.05, 3.63) is 23.8 Å². The fraction of sp³-hybridized carbons (Fsp3) is 0.538. The van der Waals surface area contributed by atoms with Crippen LogP contribution in [0.4, 0.5) is 0 Å². The maximum absolute atomic E-state index is 12.2. The molecule has 1 aromatic rings. The van der Waals surface area contributed by atoms with Crippen molar-refractivity contribution in [1.29, 1.82) is 0 Å². The molecule has 0 spiro atoms. The molecule has 0 unspecified atom stereocenters. The molecule has 0 aromatic heterocycles. The van der Waals surface area contributed by atoms with Gasteiger partial charge in [0.1, 0.15) is 10.6 Å². The first-order valence-corrected chi connectivity index (χ1v) is 7.70. The molecule has 0 fully saturated rings. The number of methoxy groups -OCH3 is 1. The molecule has 0 aliphatic carbocycles. The van der Waals surface area contributed by atoms with Crippen LogP contribution in [0, 0.1) is 0 Å². The zero-order valence-electron chi connectivity index (χ0n) is 11.2. The zero-order valence-corrected chi connectivity index (χ0v) is 12.0. The van der Waals surface area contributed by atoms with Crippen LogP contribution in [0.3, 0.4) is 0 Å². The molecule has 0 amide bonds. The van der Waals surface area contributed by atoms with E-state index in [4.69, 9.17) is 4.74 Å². The van der Waals surface area contributed by atoms with Gasteiger partial charge in [-0.1, -0.05) is 26.3 Å². The molecule has 1 rings (SSSR count). The summed E-state index contributed by atoms with van der Waals surface area (Å²) in [5.74, 6) is 0.385. The standard InChI is InChI=1S/C13H21NO3S/c1-4-6-9-14-18(15,16)13-10-11(5-2)7-8-12(13)17-3/h7-8,10,14H,4-6,9H2,1-3H3. The molecule has 0 aliphatic rings. The van der Waals surface area contributed by atoms with Gasteiger partial charge in [0.25, 0.3) is 0 Å². The Hall–Kier alpha value is -1.07. The number of nitrogens with one attached hydrogen (secondary N) is 1. The van der Waals surface area contributed by atoms with E-state index < -0.39 is 10.0 Å². The van der Waals surface area contributed by atoms with Gasteiger partial charge in [0, 0.05) is 6.54 Å². The number of benzene rings is 1. The Morgan fingerprint density at radius 2 is 2.00 bits per heavy atom. The summed E-state index contributed by atoms with van der Waals surface area (Å²) < 4.78 is 32.0. The van der Waals surface area contributed by atoms with Crippen LogP contribution < -0.4 is 9.46 Å². The summed E-state index contributed by atoms with van der Waals surface area (Å²) in [7, 11) is -2.00. The van der Waals surface area contributed by atoms with E-state index in [9.17, 15) is 8.42 Å². The highest BCUT2D eigenvalue weighted by Crippen LogP contribution is 2.24. The van der Waals surface area contributed by atoms with Crippen molar-refractivity contribution in [1.82, 2.24) is 4.72 Å². The Morgan fingerprint density at radius 1 is 1.28 bits per heavy atom. The molecule has 1 aromatic carbocycles. The molecule has 0 bridgehead atoms. The van der Waals surface area contributed by atoms with Gasteiger partial charge >= 0.3 is 0 Å². The van der Waals surface area contributed by atoms with E-state index in [0.717, 1.165) is 24.8 Å². The molecule has 0 radical (unpaired) electrons. The third kappa shape index (κ3) is 3.71. The van der Waals surface area contributed by atoms with Crippen molar-refractivity contribution in [3.63, 3.8) is 0 Å². The normalized spacial score (nSPS) is 11.5. The van der Waals surface area contributed by atoms with E-state index >= 15 is 0 Å². The van der Waals surface area contributed by atoms with Crippen LogP contribution in [0.2, 0.25) is 0 Å². The van der Waals surface area contributed by atoms with Crippen LogP contribution in [-0.2, 0) is 16.4 Å². The van der Waals surface area contributed by atoms with E-state index in [1.165, 1.54) is 7.11 Å². The van der Waals surface area contributed by atoms with Crippen LogP contribution in [0.5, 0.6) is 5.75 Å². The highest BCUT2D eigenvalue weighted by atomic mass is 32.2. The SMILES string of the molecule is CCCCNS(=O)(=O)c1cc(CC)ccc1OC. The maximum atomic E-state index is 12.2. The Morgan fingerprint density at radius 3 is 2.56 bits per heavy atom. The summed E-state index contributed by atoms with van der Waals surface area (Å²) >= 11 is 0. The molecule has 0 aliphatic heterocycles. The highest BCUT2D eigenvalue weighted by molar-refractivity contribution is 7.89. The van der Waals surface area contributed by atoms with Gasteiger partial charge in [-0.05, 0) is 30.5 Å². The number of hydrogen-bond acceptors (Lipinski definition) is 3. The van der Waals surface area contributed by atoms with Gasteiger partial charge in [0.2, 0.25) is 10.0 Å². The summed E-state index contributed by atoms with van der Waals surface area (Å²) in [4.78, 5) is 0.223. The third-order valence-corrected chi connectivity index (χ3v) is 4.23. The monoisotopic (exact) mass is 271 g/mol. The van der Waals surface area contributed by atoms with E-state index in [1.807, 2.05) is 19.9 Å². The van der Waals surface area contributed by atoms with E-state index in [1.54, 1.807) is 12.1 Å². The van der Waals surface area contributed by atoms with Crippen molar-refractivity contribution in [3.8, 4) is 5.75 Å². The Balaban J connectivity index is 3.05. The smallest absolute Gasteiger partial charge is 0.244 e. The van der Waals surface area contributed by atoms with Gasteiger partial charge in [0.05, 0.1) is 7.11 Å². The lowest BCUT2D eigenvalue weighted by atomic mass is 10.2. The van der Waals surface area contributed by atoms with Gasteiger partial charge in [-0.25, -0.2) is 13.1 Å². The molecule has 0 saturated carbocycles. The zero-order chi connectivity index (χ0) is 13.6. The summed E-state index contributed by atoms with van der Waals surface area (Å²) in [6.45, 7) is 4.47. The second kappa shape index (κ2) is 6.75. The number of rotatable bonds is 7. The predicted molar refractivity (Wildman–Crippen MR) is 72.5 cm³/mol. The van der Waals surface area contributed by atoms with Crippen molar-refractivity contribution in [2.24, 2.45) is 0 Å². The number of aryl methyl sites for hydroxylation is 1. The minimum absolute atomic E-state index is 0.223. The van der Waals surface area contributed by atoms with Gasteiger partial charge < -0.3 is 4.74 Å². The fourth-order valence-electron chi connectivity index (χ4n) is 1.61. The average Bonchev–Trinajstić information content (AvgIpc) is 2.38. The first-order chi connectivity index (χ1) is 8.55. The minimum Gasteiger partial charge on any atom is -0.495 e. The molecule has 1 N–H and O–H groups in total. The summed E-state index contributed by atoms with van der Waals surface area (Å²) in [5.41, 5.74) is 0.978. The molecule has 0 heterocycles. The lowest BCUT2D eigenvalue weighted by Crippen LogP contribution is -2.25. The van der Waals surface area contributed by atoms with Gasteiger partial charge in [-0.3, -0.25) is 0 Å². The number of ether oxygens (including phenoxy) is 1. The number of unbranched alkanes of at least 4 members (excludes halogenated alkanes) is 1. The summed E-state index contributed by atoms with van der Waals surface area (Å²) in [5, 5.41) is 0. The first kappa shape index (κ1) is 15.0. The predicted octanol–water partition coefficient (Wildman–Crippen LogP) is 2.34. The van der Waals surface area contributed by atoms with E-state index in [0.29, 0.717) is 12.3 Å². The van der Waals surface area contributed by atoms with Crippen LogP contribution in [0.15, 0.2) is 23.1 Å². The second-order valence-electron chi connectivity index (χ2n) is 4.09. The average molecular weight is 271 g/mol. The lowest BCUT2D eigenvalue weighted by molar-refractivity contribution is 0.402. The molecule has 5 heteroatoms. The summed E-state index contributed by atoms with van der Waals surface area (Å²) in [6, 6.07) is 5.25. The first-order valence-electron chi connectivity index (χ1n) is 6.21. The Labute approximate surface area is 109 Å². The van der Waals surface area contributed by atoms with Gasteiger partial charge in [-0.2, -0.15) is 0 Å². The van der Waals surface area contributed by atoms with E-state index in [-0.39, 0.29) is 4.90 Å². The summed E-state index contributed by atoms with van der Waals surface area (Å²) in [6.07, 6.45) is 2.57. The molecule has 102 valence electrons. The molecule has 0 atom stereocenters. The Kier molecular flexibility index (Phi) is 5.62. The third-order valence-electron chi connectivity index (χ3n) is 2.75. The van der Waals surface area contributed by atoms with Crippen molar-refractivity contribution in [2.45, 2.75) is 38.0 Å². The van der Waals surface area contributed by atoms with Crippen LogP contribution >= 0.6 is 0 Å². The van der Waals surface area contributed by atoms with Crippen molar-refractivity contribution in [2.75, 3.05) is 13.7 Å². The highest BCUT2D eigenvalue weighted by Gasteiger charge is 2.19. The molecular formula is C13H21NO3S. The van der Waals surface area contributed by atoms with E-state index in [2.05, 4.69) is 4.72 Å². The topological polar surface area (TPSA) is 55.4 Å².